The van der Waals surface area contributed by atoms with Crippen LogP contribution in [0.1, 0.15) is 27.9 Å². The van der Waals surface area contributed by atoms with Gasteiger partial charge in [-0.25, -0.2) is 4.39 Å². The summed E-state index contributed by atoms with van der Waals surface area (Å²) >= 11 is 4.87. The third-order valence-electron chi connectivity index (χ3n) is 4.01. The number of aryl methyl sites for hydroxylation is 1. The van der Waals surface area contributed by atoms with E-state index < -0.39 is 0 Å². The molecule has 27 heavy (non-hydrogen) atoms. The molecule has 5 nitrogen and oxygen atoms in total. The lowest BCUT2D eigenvalue weighted by atomic mass is 10.3. The summed E-state index contributed by atoms with van der Waals surface area (Å²) in [6, 6.07) is 7.70. The number of amides is 1. The standard InChI is InChI=1S/C19H19BrFN3O2S/c1-3-24-17(16(20)9-22-24)10-23(2)19(25)18-8-13(12-27-18)11-26-15-6-4-14(21)5-7-15/h4-9,12H,3,10-11H2,1-2H3. The molecule has 1 aromatic carbocycles. The van der Waals surface area contributed by atoms with Gasteiger partial charge in [-0.1, -0.05) is 0 Å². The Morgan fingerprint density at radius 1 is 1.37 bits per heavy atom. The first kappa shape index (κ1) is 19.6. The lowest BCUT2D eigenvalue weighted by Crippen LogP contribution is -2.27. The molecule has 0 saturated heterocycles. The van der Waals surface area contributed by atoms with Gasteiger partial charge in [-0.3, -0.25) is 9.48 Å². The average molecular weight is 452 g/mol. The summed E-state index contributed by atoms with van der Waals surface area (Å²) in [4.78, 5) is 15.0. The Hall–Kier alpha value is -2.19. The Labute approximate surface area is 169 Å². The third-order valence-corrected chi connectivity index (χ3v) is 5.64. The van der Waals surface area contributed by atoms with Crippen LogP contribution in [0.2, 0.25) is 0 Å². The van der Waals surface area contributed by atoms with Crippen molar-refractivity contribution in [3.8, 4) is 5.75 Å². The van der Waals surface area contributed by atoms with Gasteiger partial charge < -0.3 is 9.64 Å². The molecular weight excluding hydrogens is 433 g/mol. The van der Waals surface area contributed by atoms with Crippen molar-refractivity contribution in [2.75, 3.05) is 7.05 Å². The molecule has 142 valence electrons. The fourth-order valence-electron chi connectivity index (χ4n) is 2.56. The fourth-order valence-corrected chi connectivity index (χ4v) is 3.88. The van der Waals surface area contributed by atoms with Gasteiger partial charge in [-0.15, -0.1) is 11.3 Å². The maximum atomic E-state index is 12.9. The average Bonchev–Trinajstić information content (AvgIpc) is 3.28. The first-order chi connectivity index (χ1) is 13.0. The largest absolute Gasteiger partial charge is 0.489 e. The Kier molecular flexibility index (Phi) is 6.28. The van der Waals surface area contributed by atoms with Crippen molar-refractivity contribution in [2.24, 2.45) is 0 Å². The van der Waals surface area contributed by atoms with Gasteiger partial charge in [0.1, 0.15) is 18.2 Å². The van der Waals surface area contributed by atoms with Crippen LogP contribution in [0.3, 0.4) is 0 Å². The van der Waals surface area contributed by atoms with E-state index in [1.54, 1.807) is 30.3 Å². The highest BCUT2D eigenvalue weighted by Gasteiger charge is 2.18. The number of rotatable bonds is 7. The summed E-state index contributed by atoms with van der Waals surface area (Å²) in [5, 5.41) is 6.18. The van der Waals surface area contributed by atoms with Crippen LogP contribution in [-0.2, 0) is 19.7 Å². The molecule has 0 atom stereocenters. The van der Waals surface area contributed by atoms with Crippen LogP contribution in [0.25, 0.3) is 0 Å². The van der Waals surface area contributed by atoms with Crippen molar-refractivity contribution in [1.29, 1.82) is 0 Å². The Balaban J connectivity index is 1.62. The van der Waals surface area contributed by atoms with Crippen LogP contribution in [0.5, 0.6) is 5.75 Å². The van der Waals surface area contributed by atoms with Crippen molar-refractivity contribution < 1.29 is 13.9 Å². The molecule has 0 fully saturated rings. The van der Waals surface area contributed by atoms with E-state index in [1.165, 1.54) is 23.5 Å². The summed E-state index contributed by atoms with van der Waals surface area (Å²) in [6.07, 6.45) is 1.74. The highest BCUT2D eigenvalue weighted by molar-refractivity contribution is 9.10. The Morgan fingerprint density at radius 3 is 2.81 bits per heavy atom. The van der Waals surface area contributed by atoms with Crippen LogP contribution in [0, 0.1) is 5.82 Å². The zero-order valence-electron chi connectivity index (χ0n) is 15.0. The molecule has 1 amide bonds. The number of nitrogens with zero attached hydrogens (tertiary/aromatic N) is 3. The summed E-state index contributed by atoms with van der Waals surface area (Å²) in [7, 11) is 1.77. The second kappa shape index (κ2) is 8.67. The number of hydrogen-bond donors (Lipinski definition) is 0. The molecule has 3 rings (SSSR count). The topological polar surface area (TPSA) is 47.4 Å². The summed E-state index contributed by atoms with van der Waals surface area (Å²) in [5.41, 5.74) is 1.87. The minimum atomic E-state index is -0.301. The van der Waals surface area contributed by atoms with Gasteiger partial charge >= 0.3 is 0 Å². The molecule has 0 unspecified atom stereocenters. The normalized spacial score (nSPS) is 10.8. The molecule has 0 radical (unpaired) electrons. The van der Waals surface area contributed by atoms with Crippen molar-refractivity contribution in [2.45, 2.75) is 26.6 Å². The van der Waals surface area contributed by atoms with Crippen molar-refractivity contribution in [1.82, 2.24) is 14.7 Å². The molecule has 0 bridgehead atoms. The van der Waals surface area contributed by atoms with Crippen LogP contribution in [-0.4, -0.2) is 27.6 Å². The maximum Gasteiger partial charge on any atom is 0.264 e. The van der Waals surface area contributed by atoms with E-state index in [4.69, 9.17) is 4.74 Å². The number of thiophene rings is 1. The van der Waals surface area contributed by atoms with Gasteiger partial charge in [0.2, 0.25) is 0 Å². The van der Waals surface area contributed by atoms with Crippen molar-refractivity contribution in [3.05, 3.63) is 68.3 Å². The molecule has 2 aromatic heterocycles. The van der Waals surface area contributed by atoms with Gasteiger partial charge in [0.05, 0.1) is 27.8 Å². The highest BCUT2D eigenvalue weighted by Crippen LogP contribution is 2.22. The number of aromatic nitrogens is 2. The summed E-state index contributed by atoms with van der Waals surface area (Å²) in [5.74, 6) is 0.235. The second-order valence-corrected chi connectivity index (χ2v) is 7.74. The molecule has 0 aliphatic carbocycles. The number of carbonyl (C=O) groups excluding carboxylic acids is 1. The SMILES string of the molecule is CCn1ncc(Br)c1CN(C)C(=O)c1cc(COc2ccc(F)cc2)cs1. The molecule has 0 saturated carbocycles. The molecule has 0 aliphatic heterocycles. The molecule has 0 spiro atoms. The Bertz CT molecular complexity index is 923. The summed E-state index contributed by atoms with van der Waals surface area (Å²) in [6.45, 7) is 3.55. The van der Waals surface area contributed by atoms with Gasteiger partial charge in [-0.05, 0) is 58.6 Å². The quantitative estimate of drug-likeness (QED) is 0.522. The van der Waals surface area contributed by atoms with Gasteiger partial charge in [0.15, 0.2) is 0 Å². The predicted octanol–water partition coefficient (Wildman–Crippen LogP) is 4.72. The molecular formula is C19H19BrFN3O2S. The predicted molar refractivity (Wildman–Crippen MR) is 106 cm³/mol. The number of ether oxygens (including phenoxy) is 1. The van der Waals surface area contributed by atoms with Crippen LogP contribution >= 0.6 is 27.3 Å². The van der Waals surface area contributed by atoms with E-state index in [0.717, 1.165) is 22.3 Å². The van der Waals surface area contributed by atoms with Crippen LogP contribution in [0.4, 0.5) is 4.39 Å². The zero-order valence-corrected chi connectivity index (χ0v) is 17.4. The summed E-state index contributed by atoms with van der Waals surface area (Å²) < 4.78 is 21.3. The van der Waals surface area contributed by atoms with Gasteiger partial charge in [0, 0.05) is 19.2 Å². The number of hydrogen-bond acceptors (Lipinski definition) is 4. The monoisotopic (exact) mass is 451 g/mol. The van der Waals surface area contributed by atoms with Gasteiger partial charge in [0.25, 0.3) is 5.91 Å². The van der Waals surface area contributed by atoms with Gasteiger partial charge in [-0.2, -0.15) is 5.10 Å². The number of benzene rings is 1. The second-order valence-electron chi connectivity index (χ2n) is 5.98. The first-order valence-corrected chi connectivity index (χ1v) is 10.1. The van der Waals surface area contributed by atoms with Crippen molar-refractivity contribution >= 4 is 33.2 Å². The lowest BCUT2D eigenvalue weighted by Gasteiger charge is -2.17. The molecule has 8 heteroatoms. The fraction of sp³-hybridized carbons (Fsp3) is 0.263. The minimum Gasteiger partial charge on any atom is -0.489 e. The van der Waals surface area contributed by atoms with Crippen molar-refractivity contribution in [3.63, 3.8) is 0 Å². The van der Waals surface area contributed by atoms with Crippen LogP contribution in [0.15, 0.2) is 46.4 Å². The lowest BCUT2D eigenvalue weighted by molar-refractivity contribution is 0.0786. The number of halogens is 2. The van der Waals surface area contributed by atoms with E-state index in [2.05, 4.69) is 21.0 Å². The molecule has 0 N–H and O–H groups in total. The first-order valence-electron chi connectivity index (χ1n) is 8.39. The van der Waals surface area contributed by atoms with Crippen LogP contribution < -0.4 is 4.74 Å². The van der Waals surface area contributed by atoms with E-state index >= 15 is 0 Å². The van der Waals surface area contributed by atoms with E-state index in [1.807, 2.05) is 23.1 Å². The minimum absolute atomic E-state index is 0.0521. The van der Waals surface area contributed by atoms with E-state index in [-0.39, 0.29) is 11.7 Å². The molecule has 3 aromatic rings. The smallest absolute Gasteiger partial charge is 0.264 e. The zero-order chi connectivity index (χ0) is 19.4. The third kappa shape index (κ3) is 4.75. The van der Waals surface area contributed by atoms with E-state index in [0.29, 0.717) is 23.8 Å². The molecule has 2 heterocycles. The van der Waals surface area contributed by atoms with E-state index in [9.17, 15) is 9.18 Å². The highest BCUT2D eigenvalue weighted by atomic mass is 79.9. The maximum absolute atomic E-state index is 12.9. The Morgan fingerprint density at radius 2 is 2.11 bits per heavy atom. The molecule has 0 aliphatic rings. The number of carbonyl (C=O) groups is 1.